The SMILES string of the molecule is O=S(=O)(Nc1ncc(Br)nc1OCCn1ccnc1)C1=CC(Cl)=CCC1=S. The molecule has 1 aliphatic carbocycles. The fourth-order valence-electron chi connectivity index (χ4n) is 2.15. The molecule has 27 heavy (non-hydrogen) atoms. The molecule has 0 unspecified atom stereocenters. The Balaban J connectivity index is 1.79. The molecule has 142 valence electrons. The van der Waals surface area contributed by atoms with Crippen LogP contribution in [0.15, 0.2) is 51.6 Å². The molecule has 0 bridgehead atoms. The van der Waals surface area contributed by atoms with Crippen LogP contribution >= 0.6 is 39.7 Å². The molecule has 0 atom stereocenters. The standard InChI is InChI=1S/C15H13BrClN5O3S2/c16-13-8-19-14(15(20-13)25-6-5-22-4-3-18-9-22)21-27(23,24)12-7-10(17)1-2-11(12)26/h1,3-4,7-9H,2,5-6H2,(H,19,21). The number of ether oxygens (including phenoxy) is 1. The molecule has 0 fully saturated rings. The zero-order valence-corrected chi connectivity index (χ0v) is 17.6. The van der Waals surface area contributed by atoms with Gasteiger partial charge in [-0.1, -0.05) is 29.9 Å². The van der Waals surface area contributed by atoms with Crippen LogP contribution in [0.2, 0.25) is 0 Å². The second-order valence-corrected chi connectivity index (χ2v) is 8.72. The summed E-state index contributed by atoms with van der Waals surface area (Å²) in [6, 6.07) is 0. The first kappa shape index (κ1) is 19.9. The highest BCUT2D eigenvalue weighted by Gasteiger charge is 2.26. The molecular weight excluding hydrogens is 478 g/mol. The van der Waals surface area contributed by atoms with Crippen molar-refractivity contribution in [3.05, 3.63) is 51.6 Å². The van der Waals surface area contributed by atoms with Crippen molar-refractivity contribution in [3.8, 4) is 5.88 Å². The number of imidazole rings is 1. The Labute approximate surface area is 174 Å². The summed E-state index contributed by atoms with van der Waals surface area (Å²) in [5.41, 5.74) is 0. The minimum atomic E-state index is -3.99. The molecule has 2 aromatic heterocycles. The largest absolute Gasteiger partial charge is 0.473 e. The molecule has 1 aliphatic rings. The summed E-state index contributed by atoms with van der Waals surface area (Å²) < 4.78 is 35.6. The van der Waals surface area contributed by atoms with E-state index in [2.05, 4.69) is 35.6 Å². The topological polar surface area (TPSA) is 99.0 Å². The maximum Gasteiger partial charge on any atom is 0.264 e. The lowest BCUT2D eigenvalue weighted by Crippen LogP contribution is -2.22. The summed E-state index contributed by atoms with van der Waals surface area (Å²) in [6.07, 6.45) is 9.68. The number of nitrogens with one attached hydrogen (secondary N) is 1. The van der Waals surface area contributed by atoms with Gasteiger partial charge in [-0.25, -0.2) is 23.4 Å². The first-order valence-corrected chi connectivity index (χ1v) is 10.7. The van der Waals surface area contributed by atoms with Crippen LogP contribution in [-0.4, -0.2) is 39.4 Å². The van der Waals surface area contributed by atoms with Crippen molar-refractivity contribution in [2.24, 2.45) is 0 Å². The van der Waals surface area contributed by atoms with Gasteiger partial charge in [-0.2, -0.15) is 0 Å². The van der Waals surface area contributed by atoms with Crippen molar-refractivity contribution >= 4 is 60.5 Å². The van der Waals surface area contributed by atoms with Crippen LogP contribution in [-0.2, 0) is 16.6 Å². The number of sulfonamides is 1. The lowest BCUT2D eigenvalue weighted by molar-refractivity contribution is 0.287. The van der Waals surface area contributed by atoms with Gasteiger partial charge in [0.2, 0.25) is 5.82 Å². The molecule has 0 radical (unpaired) electrons. The molecule has 0 aliphatic heterocycles. The highest BCUT2D eigenvalue weighted by atomic mass is 79.9. The minimum absolute atomic E-state index is 0.0389. The molecule has 0 saturated heterocycles. The molecule has 0 amide bonds. The van der Waals surface area contributed by atoms with Gasteiger partial charge in [0.25, 0.3) is 15.9 Å². The lowest BCUT2D eigenvalue weighted by atomic mass is 10.2. The van der Waals surface area contributed by atoms with Crippen molar-refractivity contribution in [3.63, 3.8) is 0 Å². The fourth-order valence-corrected chi connectivity index (χ4v) is 4.31. The van der Waals surface area contributed by atoms with Gasteiger partial charge < -0.3 is 9.30 Å². The number of allylic oxidation sites excluding steroid dienone is 4. The van der Waals surface area contributed by atoms with Crippen molar-refractivity contribution in [2.75, 3.05) is 11.3 Å². The van der Waals surface area contributed by atoms with E-state index in [9.17, 15) is 8.42 Å². The first-order valence-electron chi connectivity index (χ1n) is 7.59. The van der Waals surface area contributed by atoms with Gasteiger partial charge in [0.15, 0.2) is 0 Å². The van der Waals surface area contributed by atoms with Gasteiger partial charge in [0.1, 0.15) is 16.1 Å². The predicted molar refractivity (Wildman–Crippen MR) is 109 cm³/mol. The summed E-state index contributed by atoms with van der Waals surface area (Å²) >= 11 is 14.3. The monoisotopic (exact) mass is 489 g/mol. The third kappa shape index (κ3) is 5.12. The third-order valence-corrected chi connectivity index (χ3v) is 5.97. The van der Waals surface area contributed by atoms with Gasteiger partial charge in [-0.15, -0.1) is 0 Å². The number of thiocarbonyl (C=S) groups is 1. The molecule has 2 aromatic rings. The Morgan fingerprint density at radius 1 is 1.44 bits per heavy atom. The van der Waals surface area contributed by atoms with E-state index in [1.165, 1.54) is 12.3 Å². The highest BCUT2D eigenvalue weighted by molar-refractivity contribution is 9.10. The van der Waals surface area contributed by atoms with Crippen LogP contribution in [0.25, 0.3) is 0 Å². The van der Waals surface area contributed by atoms with E-state index in [4.69, 9.17) is 28.6 Å². The Morgan fingerprint density at radius 2 is 2.26 bits per heavy atom. The van der Waals surface area contributed by atoms with E-state index >= 15 is 0 Å². The average molecular weight is 491 g/mol. The van der Waals surface area contributed by atoms with Crippen LogP contribution in [0.5, 0.6) is 5.88 Å². The Bertz CT molecular complexity index is 1020. The highest BCUT2D eigenvalue weighted by Crippen LogP contribution is 2.27. The molecule has 0 saturated carbocycles. The van der Waals surface area contributed by atoms with Crippen molar-refractivity contribution in [1.82, 2.24) is 19.5 Å². The van der Waals surface area contributed by atoms with Gasteiger partial charge in [0.05, 0.1) is 19.1 Å². The van der Waals surface area contributed by atoms with Crippen LogP contribution < -0.4 is 9.46 Å². The van der Waals surface area contributed by atoms with Crippen LogP contribution in [0.3, 0.4) is 0 Å². The molecule has 1 N–H and O–H groups in total. The maximum atomic E-state index is 12.7. The summed E-state index contributed by atoms with van der Waals surface area (Å²) in [4.78, 5) is 12.3. The summed E-state index contributed by atoms with van der Waals surface area (Å²) in [5, 5.41) is 0.308. The van der Waals surface area contributed by atoms with Gasteiger partial charge in [-0.05, 0) is 22.0 Å². The minimum Gasteiger partial charge on any atom is -0.473 e. The maximum absolute atomic E-state index is 12.7. The molecule has 2 heterocycles. The first-order chi connectivity index (χ1) is 12.8. The van der Waals surface area contributed by atoms with Crippen LogP contribution in [0.4, 0.5) is 5.82 Å². The zero-order valence-electron chi connectivity index (χ0n) is 13.7. The average Bonchev–Trinajstić information content (AvgIpc) is 3.12. The molecule has 3 rings (SSSR count). The molecule has 0 spiro atoms. The van der Waals surface area contributed by atoms with E-state index in [1.807, 2.05) is 4.57 Å². The summed E-state index contributed by atoms with van der Waals surface area (Å²) in [7, 11) is -3.99. The van der Waals surface area contributed by atoms with E-state index in [1.54, 1.807) is 24.8 Å². The normalized spacial score (nSPS) is 14.5. The number of anilines is 1. The summed E-state index contributed by atoms with van der Waals surface area (Å²) in [5.74, 6) is -0.00441. The fraction of sp³-hybridized carbons (Fsp3) is 0.200. The number of halogens is 2. The lowest BCUT2D eigenvalue weighted by Gasteiger charge is -2.16. The molecule has 0 aromatic carbocycles. The Kier molecular flexibility index (Phi) is 6.25. The second kappa shape index (κ2) is 8.46. The van der Waals surface area contributed by atoms with E-state index < -0.39 is 10.0 Å². The van der Waals surface area contributed by atoms with Crippen molar-refractivity contribution in [1.29, 1.82) is 0 Å². The van der Waals surface area contributed by atoms with Gasteiger partial charge in [-0.3, -0.25) is 4.72 Å². The number of hydrogen-bond acceptors (Lipinski definition) is 7. The van der Waals surface area contributed by atoms with Gasteiger partial charge >= 0.3 is 0 Å². The number of nitrogens with zero attached hydrogens (tertiary/aromatic N) is 4. The van der Waals surface area contributed by atoms with Crippen molar-refractivity contribution in [2.45, 2.75) is 13.0 Å². The van der Waals surface area contributed by atoms with E-state index in [0.29, 0.717) is 16.2 Å². The Morgan fingerprint density at radius 3 is 3.00 bits per heavy atom. The predicted octanol–water partition coefficient (Wildman–Crippen LogP) is 3.04. The number of aromatic nitrogens is 4. The van der Waals surface area contributed by atoms with E-state index in [0.717, 1.165) is 0 Å². The quantitative estimate of drug-likeness (QED) is 0.596. The molecule has 12 heteroatoms. The molecule has 8 nitrogen and oxygen atoms in total. The summed E-state index contributed by atoms with van der Waals surface area (Å²) in [6.45, 7) is 0.752. The van der Waals surface area contributed by atoms with Crippen LogP contribution in [0, 0.1) is 0 Å². The van der Waals surface area contributed by atoms with Crippen molar-refractivity contribution < 1.29 is 13.2 Å². The number of hydrogen-bond donors (Lipinski definition) is 1. The van der Waals surface area contributed by atoms with Crippen LogP contribution in [0.1, 0.15) is 6.42 Å². The third-order valence-electron chi connectivity index (χ3n) is 3.41. The second-order valence-electron chi connectivity index (χ2n) is 5.33. The van der Waals surface area contributed by atoms with Gasteiger partial charge in [0, 0.05) is 28.7 Å². The smallest absolute Gasteiger partial charge is 0.264 e. The zero-order chi connectivity index (χ0) is 19.4. The molecular formula is C15H13BrClN5O3S2. The van der Waals surface area contributed by atoms with E-state index in [-0.39, 0.29) is 34.5 Å². The Hall–Kier alpha value is -1.82. The number of rotatable bonds is 7.